The lowest BCUT2D eigenvalue weighted by molar-refractivity contribution is 0.357. The Morgan fingerprint density at radius 3 is 3.23 bits per heavy atom. The molecule has 1 aromatic carbocycles. The first-order valence-electron chi connectivity index (χ1n) is 4.78. The Morgan fingerprint density at radius 2 is 2.31 bits per heavy atom. The van der Waals surface area contributed by atoms with Crippen molar-refractivity contribution in [2.75, 3.05) is 0 Å². The van der Waals surface area contributed by atoms with Crippen molar-refractivity contribution < 1.29 is 4.74 Å². The molecule has 0 bridgehead atoms. The summed E-state index contributed by atoms with van der Waals surface area (Å²) in [5.41, 5.74) is 2.89. The first-order chi connectivity index (χ1) is 6.34. The van der Waals surface area contributed by atoms with Gasteiger partial charge in [-0.05, 0) is 42.5 Å². The standard InChI is InChI=1S/C11H11BrO/c12-8-4-5-9-7(6-8)2-1-3-10-11(9)13-10/h4-6,10-11H,1-3H2. The SMILES string of the molecule is Brc1ccc2c(c1)CCCC1OC21. The van der Waals surface area contributed by atoms with Crippen LogP contribution in [0.25, 0.3) is 0 Å². The Hall–Kier alpha value is -0.340. The molecule has 1 fully saturated rings. The van der Waals surface area contributed by atoms with Crippen LogP contribution in [0.2, 0.25) is 0 Å². The number of fused-ring (bicyclic) bond motifs is 3. The summed E-state index contributed by atoms with van der Waals surface area (Å²) < 4.78 is 6.79. The fourth-order valence-corrected chi connectivity index (χ4v) is 2.61. The first-order valence-corrected chi connectivity index (χ1v) is 5.58. The zero-order valence-electron chi connectivity index (χ0n) is 7.29. The summed E-state index contributed by atoms with van der Waals surface area (Å²) >= 11 is 3.51. The predicted octanol–water partition coefficient (Wildman–Crippen LogP) is 3.23. The second-order valence-electron chi connectivity index (χ2n) is 3.83. The van der Waals surface area contributed by atoms with Gasteiger partial charge in [0, 0.05) is 4.47 Å². The molecule has 1 heterocycles. The van der Waals surface area contributed by atoms with Crippen LogP contribution in [0.1, 0.15) is 30.1 Å². The van der Waals surface area contributed by atoms with Gasteiger partial charge >= 0.3 is 0 Å². The third kappa shape index (κ3) is 1.32. The molecule has 2 atom stereocenters. The lowest BCUT2D eigenvalue weighted by Crippen LogP contribution is -1.90. The van der Waals surface area contributed by atoms with Crippen LogP contribution < -0.4 is 0 Å². The highest BCUT2D eigenvalue weighted by atomic mass is 79.9. The Kier molecular flexibility index (Phi) is 1.74. The summed E-state index contributed by atoms with van der Waals surface area (Å²) in [6.07, 6.45) is 4.67. The zero-order valence-corrected chi connectivity index (χ0v) is 8.88. The van der Waals surface area contributed by atoms with E-state index in [1.807, 2.05) is 0 Å². The molecular formula is C11H11BrO. The Bertz CT molecular complexity index is 348. The van der Waals surface area contributed by atoms with Crippen LogP contribution in [0.15, 0.2) is 22.7 Å². The summed E-state index contributed by atoms with van der Waals surface area (Å²) in [5.74, 6) is 0. The molecule has 0 aromatic heterocycles. The van der Waals surface area contributed by atoms with E-state index in [0.717, 1.165) is 0 Å². The molecular weight excluding hydrogens is 228 g/mol. The van der Waals surface area contributed by atoms with E-state index in [2.05, 4.69) is 34.1 Å². The van der Waals surface area contributed by atoms with Crippen molar-refractivity contribution in [1.82, 2.24) is 0 Å². The number of epoxide rings is 1. The highest BCUT2D eigenvalue weighted by molar-refractivity contribution is 9.10. The van der Waals surface area contributed by atoms with Crippen molar-refractivity contribution in [2.45, 2.75) is 31.5 Å². The van der Waals surface area contributed by atoms with Crippen LogP contribution in [-0.4, -0.2) is 6.10 Å². The minimum atomic E-state index is 0.422. The third-order valence-corrected chi connectivity index (χ3v) is 3.42. The maximum atomic E-state index is 5.61. The fraction of sp³-hybridized carbons (Fsp3) is 0.455. The highest BCUT2D eigenvalue weighted by Crippen LogP contribution is 2.45. The Labute approximate surface area is 86.2 Å². The maximum absolute atomic E-state index is 5.61. The molecule has 2 heteroatoms. The quantitative estimate of drug-likeness (QED) is 0.633. The van der Waals surface area contributed by atoms with Gasteiger partial charge in [0.15, 0.2) is 0 Å². The molecule has 0 saturated carbocycles. The average molecular weight is 239 g/mol. The van der Waals surface area contributed by atoms with Crippen molar-refractivity contribution in [3.63, 3.8) is 0 Å². The molecule has 0 amide bonds. The Morgan fingerprint density at radius 1 is 1.38 bits per heavy atom. The van der Waals surface area contributed by atoms with Gasteiger partial charge in [-0.25, -0.2) is 0 Å². The Balaban J connectivity index is 2.08. The maximum Gasteiger partial charge on any atom is 0.109 e. The summed E-state index contributed by atoms with van der Waals surface area (Å²) in [5, 5.41) is 0. The molecule has 13 heavy (non-hydrogen) atoms. The van der Waals surface area contributed by atoms with E-state index in [1.54, 1.807) is 0 Å². The summed E-state index contributed by atoms with van der Waals surface area (Å²) in [6.45, 7) is 0. The predicted molar refractivity (Wildman–Crippen MR) is 54.7 cm³/mol. The highest BCUT2D eigenvalue weighted by Gasteiger charge is 2.42. The number of rotatable bonds is 0. The topological polar surface area (TPSA) is 12.5 Å². The van der Waals surface area contributed by atoms with Gasteiger partial charge in [0.05, 0.1) is 6.10 Å². The van der Waals surface area contributed by atoms with E-state index >= 15 is 0 Å². The van der Waals surface area contributed by atoms with Crippen molar-refractivity contribution in [2.24, 2.45) is 0 Å². The lowest BCUT2D eigenvalue weighted by Gasteiger charge is -2.05. The number of hydrogen-bond acceptors (Lipinski definition) is 1. The molecule has 3 rings (SSSR count). The smallest absolute Gasteiger partial charge is 0.109 e. The number of aryl methyl sites for hydroxylation is 1. The summed E-state index contributed by atoms with van der Waals surface area (Å²) in [4.78, 5) is 0. The molecule has 1 aromatic rings. The van der Waals surface area contributed by atoms with E-state index in [4.69, 9.17) is 4.74 Å². The number of ether oxygens (including phenoxy) is 1. The van der Waals surface area contributed by atoms with E-state index in [0.29, 0.717) is 12.2 Å². The molecule has 0 N–H and O–H groups in total. The fourth-order valence-electron chi connectivity index (χ4n) is 2.20. The van der Waals surface area contributed by atoms with Crippen molar-refractivity contribution in [3.8, 4) is 0 Å². The largest absolute Gasteiger partial charge is 0.364 e. The molecule has 1 aliphatic carbocycles. The molecule has 0 spiro atoms. The van der Waals surface area contributed by atoms with Gasteiger partial charge in [-0.3, -0.25) is 0 Å². The van der Waals surface area contributed by atoms with Crippen molar-refractivity contribution in [3.05, 3.63) is 33.8 Å². The van der Waals surface area contributed by atoms with Crippen LogP contribution in [-0.2, 0) is 11.2 Å². The van der Waals surface area contributed by atoms with Gasteiger partial charge in [-0.1, -0.05) is 22.0 Å². The third-order valence-electron chi connectivity index (χ3n) is 2.93. The normalized spacial score (nSPS) is 30.2. The van der Waals surface area contributed by atoms with E-state index in [9.17, 15) is 0 Å². The van der Waals surface area contributed by atoms with Crippen molar-refractivity contribution >= 4 is 15.9 Å². The van der Waals surface area contributed by atoms with Gasteiger partial charge in [0.25, 0.3) is 0 Å². The van der Waals surface area contributed by atoms with E-state index < -0.39 is 0 Å². The molecule has 2 unspecified atom stereocenters. The molecule has 1 saturated heterocycles. The minimum Gasteiger partial charge on any atom is -0.364 e. The number of hydrogen-bond donors (Lipinski definition) is 0. The van der Waals surface area contributed by atoms with Gasteiger partial charge < -0.3 is 4.74 Å². The molecule has 2 aliphatic rings. The monoisotopic (exact) mass is 238 g/mol. The van der Waals surface area contributed by atoms with Crippen LogP contribution in [0, 0.1) is 0 Å². The number of halogens is 1. The minimum absolute atomic E-state index is 0.422. The first kappa shape index (κ1) is 8.01. The van der Waals surface area contributed by atoms with Crippen LogP contribution >= 0.6 is 15.9 Å². The van der Waals surface area contributed by atoms with E-state index in [-0.39, 0.29) is 0 Å². The molecule has 0 radical (unpaired) electrons. The van der Waals surface area contributed by atoms with Gasteiger partial charge in [0.1, 0.15) is 6.10 Å². The summed E-state index contributed by atoms with van der Waals surface area (Å²) in [7, 11) is 0. The van der Waals surface area contributed by atoms with Gasteiger partial charge in [0.2, 0.25) is 0 Å². The van der Waals surface area contributed by atoms with E-state index in [1.165, 1.54) is 34.9 Å². The van der Waals surface area contributed by atoms with Crippen molar-refractivity contribution in [1.29, 1.82) is 0 Å². The summed E-state index contributed by atoms with van der Waals surface area (Å²) in [6, 6.07) is 6.55. The van der Waals surface area contributed by atoms with Gasteiger partial charge in [-0.15, -0.1) is 0 Å². The second-order valence-corrected chi connectivity index (χ2v) is 4.75. The molecule has 1 nitrogen and oxygen atoms in total. The van der Waals surface area contributed by atoms with Crippen LogP contribution in [0.4, 0.5) is 0 Å². The number of benzene rings is 1. The molecule has 68 valence electrons. The second kappa shape index (κ2) is 2.82. The molecule has 1 aliphatic heterocycles. The van der Waals surface area contributed by atoms with Crippen LogP contribution in [0.3, 0.4) is 0 Å². The van der Waals surface area contributed by atoms with Crippen LogP contribution in [0.5, 0.6) is 0 Å². The average Bonchev–Trinajstić information content (AvgIpc) is 2.82. The van der Waals surface area contributed by atoms with Gasteiger partial charge in [-0.2, -0.15) is 0 Å². The zero-order chi connectivity index (χ0) is 8.84. The lowest BCUT2D eigenvalue weighted by atomic mass is 10.0.